The molecule has 4 rings (SSSR count). The van der Waals surface area contributed by atoms with Gasteiger partial charge in [-0.05, 0) is 29.8 Å². The van der Waals surface area contributed by atoms with Crippen molar-refractivity contribution in [3.05, 3.63) is 95.4 Å². The number of aromatic nitrogens is 1. The van der Waals surface area contributed by atoms with Crippen LogP contribution < -0.4 is 5.32 Å². The van der Waals surface area contributed by atoms with Crippen molar-refractivity contribution in [1.29, 1.82) is 0 Å². The molecule has 0 saturated carbocycles. The molecule has 4 aromatic rings. The zero-order chi connectivity index (χ0) is 20.2. The molecule has 0 atom stereocenters. The molecule has 144 valence electrons. The van der Waals surface area contributed by atoms with Gasteiger partial charge in [0.15, 0.2) is 0 Å². The molecule has 1 aromatic heterocycles. The van der Waals surface area contributed by atoms with Crippen LogP contribution in [-0.4, -0.2) is 10.9 Å². The van der Waals surface area contributed by atoms with Crippen LogP contribution in [0.2, 0.25) is 0 Å². The molecular weight excluding hydrogens is 390 g/mol. The Bertz CT molecular complexity index is 1170. The summed E-state index contributed by atoms with van der Waals surface area (Å²) in [7, 11) is 0. The fraction of sp³-hybridized carbons (Fsp3) is 0.0435. The number of carbonyl (C=O) groups is 1. The van der Waals surface area contributed by atoms with Crippen LogP contribution in [0.5, 0.6) is 0 Å². The van der Waals surface area contributed by atoms with E-state index in [1.807, 2.05) is 17.5 Å². The second kappa shape index (κ2) is 8.32. The van der Waals surface area contributed by atoms with E-state index in [-0.39, 0.29) is 18.1 Å². The van der Waals surface area contributed by atoms with Crippen LogP contribution in [0.25, 0.3) is 21.8 Å². The summed E-state index contributed by atoms with van der Waals surface area (Å²) in [5, 5.41) is 5.21. The Labute approximate surface area is 170 Å². The Hall–Kier alpha value is -3.38. The zero-order valence-electron chi connectivity index (χ0n) is 15.2. The number of nitrogens with zero attached hydrogens (tertiary/aromatic N) is 1. The summed E-state index contributed by atoms with van der Waals surface area (Å²) in [6.07, 6.45) is -0.0709. The van der Waals surface area contributed by atoms with E-state index >= 15 is 0 Å². The van der Waals surface area contributed by atoms with Gasteiger partial charge in [0.1, 0.15) is 16.6 Å². The maximum absolute atomic E-state index is 14.1. The van der Waals surface area contributed by atoms with Crippen molar-refractivity contribution < 1.29 is 13.6 Å². The molecule has 3 aromatic carbocycles. The monoisotopic (exact) mass is 406 g/mol. The number of para-hydroxylation sites is 1. The van der Waals surface area contributed by atoms with Gasteiger partial charge in [0.25, 0.3) is 0 Å². The predicted octanol–water partition coefficient (Wildman–Crippen LogP) is 5.94. The second-order valence-corrected chi connectivity index (χ2v) is 7.24. The Balaban J connectivity index is 1.59. The van der Waals surface area contributed by atoms with Crippen LogP contribution in [-0.2, 0) is 11.2 Å². The van der Waals surface area contributed by atoms with Crippen LogP contribution in [0.4, 0.5) is 14.5 Å². The average Bonchev–Trinajstić information content (AvgIpc) is 3.20. The lowest BCUT2D eigenvalue weighted by molar-refractivity contribution is -0.115. The Morgan fingerprint density at radius 1 is 0.862 bits per heavy atom. The summed E-state index contributed by atoms with van der Waals surface area (Å²) >= 11 is 1.33. The van der Waals surface area contributed by atoms with E-state index in [4.69, 9.17) is 0 Å². The minimum atomic E-state index is -0.412. The predicted molar refractivity (Wildman–Crippen MR) is 112 cm³/mol. The topological polar surface area (TPSA) is 42.0 Å². The lowest BCUT2D eigenvalue weighted by Gasteiger charge is -2.10. The van der Waals surface area contributed by atoms with Gasteiger partial charge < -0.3 is 5.32 Å². The number of hydrogen-bond donors (Lipinski definition) is 1. The number of benzene rings is 3. The molecule has 6 heteroatoms. The maximum Gasteiger partial charge on any atom is 0.228 e. The van der Waals surface area contributed by atoms with Crippen molar-refractivity contribution in [3.8, 4) is 21.8 Å². The minimum Gasteiger partial charge on any atom is -0.325 e. The molecule has 0 unspecified atom stereocenters. The van der Waals surface area contributed by atoms with Crippen molar-refractivity contribution >= 4 is 22.9 Å². The molecule has 1 heterocycles. The number of halogens is 2. The van der Waals surface area contributed by atoms with Gasteiger partial charge in [-0.15, -0.1) is 11.3 Å². The summed E-state index contributed by atoms with van der Waals surface area (Å²) in [6, 6.07) is 19.9. The van der Waals surface area contributed by atoms with Gasteiger partial charge in [-0.25, -0.2) is 13.8 Å². The molecule has 0 saturated heterocycles. The van der Waals surface area contributed by atoms with Gasteiger partial charge in [-0.1, -0.05) is 48.5 Å². The minimum absolute atomic E-state index is 0.0709. The third kappa shape index (κ3) is 4.22. The van der Waals surface area contributed by atoms with Crippen LogP contribution in [0.15, 0.2) is 78.2 Å². The highest BCUT2D eigenvalue weighted by atomic mass is 32.1. The molecular formula is C23H16F2N2OS. The van der Waals surface area contributed by atoms with Crippen molar-refractivity contribution in [2.75, 3.05) is 5.32 Å². The summed E-state index contributed by atoms with van der Waals surface area (Å²) < 4.78 is 27.9. The maximum atomic E-state index is 14.1. The van der Waals surface area contributed by atoms with Crippen LogP contribution >= 0.6 is 11.3 Å². The highest BCUT2D eigenvalue weighted by Gasteiger charge is 2.15. The smallest absolute Gasteiger partial charge is 0.228 e. The molecule has 0 bridgehead atoms. The number of rotatable bonds is 5. The van der Waals surface area contributed by atoms with Gasteiger partial charge in [0, 0.05) is 16.5 Å². The summed E-state index contributed by atoms with van der Waals surface area (Å²) in [5.74, 6) is -1.07. The first-order valence-corrected chi connectivity index (χ1v) is 9.83. The van der Waals surface area contributed by atoms with Crippen molar-refractivity contribution in [1.82, 2.24) is 4.98 Å². The first-order valence-electron chi connectivity index (χ1n) is 8.95. The van der Waals surface area contributed by atoms with Gasteiger partial charge in [0.05, 0.1) is 17.8 Å². The van der Waals surface area contributed by atoms with Crippen molar-refractivity contribution in [2.45, 2.75) is 6.42 Å². The van der Waals surface area contributed by atoms with Crippen molar-refractivity contribution in [2.24, 2.45) is 0 Å². The number of amides is 1. The lowest BCUT2D eigenvalue weighted by atomic mass is 10.1. The number of hydrogen-bond acceptors (Lipinski definition) is 3. The molecule has 0 aliphatic heterocycles. The van der Waals surface area contributed by atoms with E-state index in [9.17, 15) is 13.6 Å². The standard InChI is InChI=1S/C23H16F2N2OS/c24-18-10-4-1-7-15(18)13-22(28)26-20-12-6-3-9-17(20)21-14-29-23(27-21)16-8-2-5-11-19(16)25/h1-12,14H,13H2,(H,26,28). The van der Waals surface area contributed by atoms with E-state index in [1.165, 1.54) is 23.5 Å². The van der Waals surface area contributed by atoms with Crippen LogP contribution in [0.1, 0.15) is 5.56 Å². The third-order valence-corrected chi connectivity index (χ3v) is 5.27. The van der Waals surface area contributed by atoms with Gasteiger partial charge in [0.2, 0.25) is 5.91 Å². The first kappa shape index (κ1) is 19.0. The molecule has 29 heavy (non-hydrogen) atoms. The lowest BCUT2D eigenvalue weighted by Crippen LogP contribution is -2.15. The number of nitrogens with one attached hydrogen (secondary N) is 1. The van der Waals surface area contributed by atoms with E-state index < -0.39 is 5.82 Å². The fourth-order valence-electron chi connectivity index (χ4n) is 2.98. The number of carbonyl (C=O) groups excluding carboxylic acids is 1. The van der Waals surface area contributed by atoms with Crippen LogP contribution in [0.3, 0.4) is 0 Å². The Kier molecular flexibility index (Phi) is 5.44. The molecule has 1 amide bonds. The van der Waals surface area contributed by atoms with Gasteiger partial charge in [-0.3, -0.25) is 4.79 Å². The van der Waals surface area contributed by atoms with E-state index in [1.54, 1.807) is 48.5 Å². The molecule has 0 fully saturated rings. The quantitative estimate of drug-likeness (QED) is 0.446. The normalized spacial score (nSPS) is 10.7. The molecule has 0 radical (unpaired) electrons. The molecule has 0 aliphatic rings. The van der Waals surface area contributed by atoms with Gasteiger partial charge >= 0.3 is 0 Å². The SMILES string of the molecule is O=C(Cc1ccccc1F)Nc1ccccc1-c1csc(-c2ccccc2F)n1. The Morgan fingerprint density at radius 2 is 1.52 bits per heavy atom. The number of thiazole rings is 1. The first-order chi connectivity index (χ1) is 14.1. The zero-order valence-corrected chi connectivity index (χ0v) is 16.0. The summed E-state index contributed by atoms with van der Waals surface area (Å²) in [4.78, 5) is 17.0. The number of anilines is 1. The summed E-state index contributed by atoms with van der Waals surface area (Å²) in [6.45, 7) is 0. The highest BCUT2D eigenvalue weighted by molar-refractivity contribution is 7.13. The fourth-order valence-corrected chi connectivity index (χ4v) is 3.83. The van der Waals surface area contributed by atoms with E-state index in [0.29, 0.717) is 33.1 Å². The summed E-state index contributed by atoms with van der Waals surface area (Å²) in [5.41, 5.74) is 2.69. The second-order valence-electron chi connectivity index (χ2n) is 6.38. The third-order valence-electron chi connectivity index (χ3n) is 4.39. The van der Waals surface area contributed by atoms with Crippen molar-refractivity contribution in [3.63, 3.8) is 0 Å². The van der Waals surface area contributed by atoms with E-state index in [2.05, 4.69) is 10.3 Å². The van der Waals surface area contributed by atoms with Crippen LogP contribution in [0, 0.1) is 11.6 Å². The van der Waals surface area contributed by atoms with E-state index in [0.717, 1.165) is 0 Å². The Morgan fingerprint density at radius 3 is 2.28 bits per heavy atom. The molecule has 0 spiro atoms. The largest absolute Gasteiger partial charge is 0.325 e. The molecule has 3 nitrogen and oxygen atoms in total. The highest BCUT2D eigenvalue weighted by Crippen LogP contribution is 2.33. The average molecular weight is 406 g/mol. The van der Waals surface area contributed by atoms with Gasteiger partial charge in [-0.2, -0.15) is 0 Å². The molecule has 1 N–H and O–H groups in total. The molecule has 0 aliphatic carbocycles.